The lowest BCUT2D eigenvalue weighted by molar-refractivity contribution is 0.0527. The van der Waals surface area contributed by atoms with E-state index in [-0.39, 0.29) is 18.8 Å². The van der Waals surface area contributed by atoms with Crippen LogP contribution in [0.2, 0.25) is 0 Å². The van der Waals surface area contributed by atoms with Gasteiger partial charge in [-0.25, -0.2) is 13.6 Å². The van der Waals surface area contributed by atoms with Crippen molar-refractivity contribution in [2.24, 2.45) is 0 Å². The van der Waals surface area contributed by atoms with Gasteiger partial charge in [-0.15, -0.1) is 11.3 Å². The lowest BCUT2D eigenvalue weighted by Gasteiger charge is -2.09. The highest BCUT2D eigenvalue weighted by molar-refractivity contribution is 7.21. The number of carbonyl (C=O) groups excluding carboxylic acids is 1. The third-order valence-electron chi connectivity index (χ3n) is 3.41. The van der Waals surface area contributed by atoms with Crippen molar-refractivity contribution in [3.63, 3.8) is 0 Å². The SMILES string of the molecule is CCOC(=O)c1sc2ccccc2c1OCc1cccc(F)c1F. The van der Waals surface area contributed by atoms with Crippen LogP contribution in [-0.4, -0.2) is 12.6 Å². The summed E-state index contributed by atoms with van der Waals surface area (Å²) < 4.78 is 38.7. The zero-order valence-corrected chi connectivity index (χ0v) is 13.7. The fourth-order valence-electron chi connectivity index (χ4n) is 2.31. The van der Waals surface area contributed by atoms with E-state index in [1.54, 1.807) is 6.92 Å². The molecule has 0 amide bonds. The van der Waals surface area contributed by atoms with Gasteiger partial charge in [0.05, 0.1) is 6.61 Å². The maximum atomic E-state index is 13.8. The number of ether oxygens (including phenoxy) is 2. The van der Waals surface area contributed by atoms with Gasteiger partial charge in [0.1, 0.15) is 6.61 Å². The Morgan fingerprint density at radius 1 is 1.12 bits per heavy atom. The van der Waals surface area contributed by atoms with Crippen molar-refractivity contribution in [1.29, 1.82) is 0 Å². The maximum absolute atomic E-state index is 13.8. The van der Waals surface area contributed by atoms with E-state index in [4.69, 9.17) is 9.47 Å². The monoisotopic (exact) mass is 348 g/mol. The van der Waals surface area contributed by atoms with E-state index in [9.17, 15) is 13.6 Å². The van der Waals surface area contributed by atoms with Gasteiger partial charge in [0.15, 0.2) is 22.3 Å². The second kappa shape index (κ2) is 6.97. The molecule has 24 heavy (non-hydrogen) atoms. The molecule has 0 fully saturated rings. The molecule has 0 saturated heterocycles. The molecule has 3 aromatic rings. The van der Waals surface area contributed by atoms with E-state index >= 15 is 0 Å². The molecule has 3 rings (SSSR count). The molecule has 0 saturated carbocycles. The number of rotatable bonds is 5. The van der Waals surface area contributed by atoms with Gasteiger partial charge in [-0.2, -0.15) is 0 Å². The molecule has 0 N–H and O–H groups in total. The van der Waals surface area contributed by atoms with Crippen LogP contribution >= 0.6 is 11.3 Å². The smallest absolute Gasteiger partial charge is 0.352 e. The van der Waals surface area contributed by atoms with Crippen molar-refractivity contribution in [3.05, 3.63) is 64.5 Å². The summed E-state index contributed by atoms with van der Waals surface area (Å²) in [6, 6.07) is 11.2. The molecule has 1 aromatic heterocycles. The lowest BCUT2D eigenvalue weighted by atomic mass is 10.2. The fraction of sp³-hybridized carbons (Fsp3) is 0.167. The number of hydrogen-bond donors (Lipinski definition) is 0. The summed E-state index contributed by atoms with van der Waals surface area (Å²) in [5.41, 5.74) is 0.0834. The van der Waals surface area contributed by atoms with Crippen LogP contribution in [0.1, 0.15) is 22.2 Å². The predicted octanol–water partition coefficient (Wildman–Crippen LogP) is 4.94. The molecule has 0 bridgehead atoms. The molecule has 0 aliphatic carbocycles. The van der Waals surface area contributed by atoms with Crippen LogP contribution in [0.25, 0.3) is 10.1 Å². The summed E-state index contributed by atoms with van der Waals surface area (Å²) in [5, 5.41) is 0.738. The van der Waals surface area contributed by atoms with E-state index in [2.05, 4.69) is 0 Å². The van der Waals surface area contributed by atoms with Gasteiger partial charge in [0, 0.05) is 15.6 Å². The third kappa shape index (κ3) is 3.10. The van der Waals surface area contributed by atoms with Gasteiger partial charge in [-0.3, -0.25) is 0 Å². The van der Waals surface area contributed by atoms with Crippen molar-refractivity contribution in [3.8, 4) is 5.75 Å². The standard InChI is InChI=1S/C18H14F2O3S/c1-2-22-18(21)17-16(12-7-3-4-9-14(12)24-17)23-10-11-6-5-8-13(19)15(11)20/h3-9H,2,10H2,1H3. The van der Waals surface area contributed by atoms with E-state index < -0.39 is 17.6 Å². The summed E-state index contributed by atoms with van der Waals surface area (Å²) in [4.78, 5) is 12.5. The average Bonchev–Trinajstić information content (AvgIpc) is 2.95. The average molecular weight is 348 g/mol. The Kier molecular flexibility index (Phi) is 4.76. The van der Waals surface area contributed by atoms with Crippen LogP contribution in [0, 0.1) is 11.6 Å². The Morgan fingerprint density at radius 2 is 1.92 bits per heavy atom. The molecule has 0 aliphatic rings. The van der Waals surface area contributed by atoms with E-state index in [1.165, 1.54) is 23.5 Å². The minimum absolute atomic E-state index is 0.0834. The first-order valence-corrected chi connectivity index (χ1v) is 8.17. The van der Waals surface area contributed by atoms with E-state index in [0.29, 0.717) is 10.6 Å². The number of fused-ring (bicyclic) bond motifs is 1. The largest absolute Gasteiger partial charge is 0.486 e. The Hall–Kier alpha value is -2.47. The van der Waals surface area contributed by atoms with Crippen molar-refractivity contribution in [2.75, 3.05) is 6.61 Å². The maximum Gasteiger partial charge on any atom is 0.352 e. The summed E-state index contributed by atoms with van der Waals surface area (Å²) in [6.45, 7) is 1.77. The Balaban J connectivity index is 1.96. The van der Waals surface area contributed by atoms with Crippen LogP contribution in [0.4, 0.5) is 8.78 Å². The van der Waals surface area contributed by atoms with Gasteiger partial charge in [0.25, 0.3) is 0 Å². The molecular formula is C18H14F2O3S. The van der Waals surface area contributed by atoms with Gasteiger partial charge < -0.3 is 9.47 Å². The summed E-state index contributed by atoms with van der Waals surface area (Å²) in [7, 11) is 0. The second-order valence-corrected chi connectivity index (χ2v) is 6.03. The number of esters is 1. The highest BCUT2D eigenvalue weighted by Gasteiger charge is 2.21. The van der Waals surface area contributed by atoms with E-state index in [0.717, 1.165) is 16.2 Å². The number of carbonyl (C=O) groups is 1. The predicted molar refractivity (Wildman–Crippen MR) is 88.5 cm³/mol. The first-order chi connectivity index (χ1) is 11.6. The van der Waals surface area contributed by atoms with Crippen LogP contribution in [0.5, 0.6) is 5.75 Å². The van der Waals surface area contributed by atoms with Gasteiger partial charge in [-0.1, -0.05) is 24.3 Å². The van der Waals surface area contributed by atoms with Crippen LogP contribution < -0.4 is 4.74 Å². The Morgan fingerprint density at radius 3 is 2.71 bits per heavy atom. The molecule has 0 unspecified atom stereocenters. The molecule has 0 spiro atoms. The van der Waals surface area contributed by atoms with Gasteiger partial charge in [0.2, 0.25) is 0 Å². The lowest BCUT2D eigenvalue weighted by Crippen LogP contribution is -2.06. The minimum Gasteiger partial charge on any atom is -0.486 e. The highest BCUT2D eigenvalue weighted by atomic mass is 32.1. The molecule has 2 aromatic carbocycles. The van der Waals surface area contributed by atoms with Gasteiger partial charge in [-0.05, 0) is 25.1 Å². The highest BCUT2D eigenvalue weighted by Crippen LogP contribution is 2.38. The van der Waals surface area contributed by atoms with Crippen molar-refractivity contribution < 1.29 is 23.0 Å². The van der Waals surface area contributed by atoms with Crippen molar-refractivity contribution in [1.82, 2.24) is 0 Å². The summed E-state index contributed by atoms with van der Waals surface area (Å²) in [6.07, 6.45) is 0. The summed E-state index contributed by atoms with van der Waals surface area (Å²) >= 11 is 1.25. The fourth-order valence-corrected chi connectivity index (χ4v) is 3.35. The van der Waals surface area contributed by atoms with Crippen LogP contribution in [0.15, 0.2) is 42.5 Å². The molecule has 0 radical (unpaired) electrons. The van der Waals surface area contributed by atoms with Crippen LogP contribution in [0.3, 0.4) is 0 Å². The Bertz CT molecular complexity index is 889. The van der Waals surface area contributed by atoms with Crippen molar-refractivity contribution in [2.45, 2.75) is 13.5 Å². The first kappa shape index (κ1) is 16.4. The van der Waals surface area contributed by atoms with Crippen molar-refractivity contribution >= 4 is 27.4 Å². The second-order valence-electron chi connectivity index (χ2n) is 4.98. The molecule has 124 valence electrons. The minimum atomic E-state index is -0.949. The van der Waals surface area contributed by atoms with Gasteiger partial charge >= 0.3 is 5.97 Å². The number of hydrogen-bond acceptors (Lipinski definition) is 4. The quantitative estimate of drug-likeness (QED) is 0.613. The number of benzene rings is 2. The normalized spacial score (nSPS) is 10.8. The molecule has 3 nitrogen and oxygen atoms in total. The first-order valence-electron chi connectivity index (χ1n) is 7.36. The summed E-state index contributed by atoms with van der Waals surface area (Å²) in [5.74, 6) is -2.04. The molecular weight excluding hydrogens is 334 g/mol. The molecule has 6 heteroatoms. The topological polar surface area (TPSA) is 35.5 Å². The van der Waals surface area contributed by atoms with Crippen LogP contribution in [-0.2, 0) is 11.3 Å². The third-order valence-corrected chi connectivity index (χ3v) is 4.55. The van der Waals surface area contributed by atoms with E-state index in [1.807, 2.05) is 24.3 Å². The zero-order valence-electron chi connectivity index (χ0n) is 12.8. The molecule has 0 aliphatic heterocycles. The molecule has 1 heterocycles. The molecule has 0 atom stereocenters. The number of halogens is 2. The number of thiophene rings is 1. The zero-order chi connectivity index (χ0) is 17.1. The Labute approximate surface area is 141 Å².